The zero-order valence-electron chi connectivity index (χ0n) is 13.7. The van der Waals surface area contributed by atoms with Gasteiger partial charge in [0, 0.05) is 16.4 Å². The van der Waals surface area contributed by atoms with Crippen molar-refractivity contribution < 1.29 is 4.79 Å². The normalized spacial score (nSPS) is 12.3. The first-order valence-corrected chi connectivity index (χ1v) is 7.75. The summed E-state index contributed by atoms with van der Waals surface area (Å²) < 4.78 is 1.90. The molecule has 0 radical (unpaired) electrons. The Kier molecular flexibility index (Phi) is 4.91. The van der Waals surface area contributed by atoms with E-state index in [0.29, 0.717) is 11.6 Å². The van der Waals surface area contributed by atoms with Crippen LogP contribution in [0.15, 0.2) is 18.2 Å². The summed E-state index contributed by atoms with van der Waals surface area (Å²) >= 11 is 5.99. The quantitative estimate of drug-likeness (QED) is 0.924. The SMILES string of the molecule is Cc1ccc(Cl)cc1NC(=O)C(C)Cn1nc(C)c(C)c1C. The predicted molar refractivity (Wildman–Crippen MR) is 90.4 cm³/mol. The fourth-order valence-electron chi connectivity index (χ4n) is 2.29. The van der Waals surface area contributed by atoms with E-state index in [-0.39, 0.29) is 11.8 Å². The van der Waals surface area contributed by atoms with E-state index in [0.717, 1.165) is 22.6 Å². The predicted octanol–water partition coefficient (Wildman–Crippen LogP) is 4.04. The van der Waals surface area contributed by atoms with Crippen molar-refractivity contribution in [2.45, 2.75) is 41.2 Å². The van der Waals surface area contributed by atoms with Crippen LogP contribution in [0.3, 0.4) is 0 Å². The molecule has 2 rings (SSSR count). The van der Waals surface area contributed by atoms with Gasteiger partial charge in [0.15, 0.2) is 0 Å². The average Bonchev–Trinajstić information content (AvgIpc) is 2.70. The van der Waals surface area contributed by atoms with Crippen molar-refractivity contribution in [3.63, 3.8) is 0 Å². The van der Waals surface area contributed by atoms with Crippen LogP contribution >= 0.6 is 11.6 Å². The molecule has 22 heavy (non-hydrogen) atoms. The lowest BCUT2D eigenvalue weighted by Gasteiger charge is -2.15. The van der Waals surface area contributed by atoms with E-state index >= 15 is 0 Å². The molecule has 2 aromatic rings. The summed E-state index contributed by atoms with van der Waals surface area (Å²) in [6, 6.07) is 5.48. The van der Waals surface area contributed by atoms with Crippen molar-refractivity contribution in [3.05, 3.63) is 45.7 Å². The Morgan fingerprint density at radius 3 is 2.59 bits per heavy atom. The van der Waals surface area contributed by atoms with Crippen LogP contribution in [-0.4, -0.2) is 15.7 Å². The number of hydrogen-bond donors (Lipinski definition) is 1. The largest absolute Gasteiger partial charge is 0.326 e. The standard InChI is InChI=1S/C17H22ClN3O/c1-10-6-7-15(18)8-16(10)19-17(22)11(2)9-21-14(5)12(3)13(4)20-21/h6-8,11H,9H2,1-5H3,(H,19,22). The van der Waals surface area contributed by atoms with Gasteiger partial charge in [-0.25, -0.2) is 0 Å². The fraction of sp³-hybridized carbons (Fsp3) is 0.412. The molecule has 0 aliphatic heterocycles. The number of carbonyl (C=O) groups is 1. The molecule has 1 amide bonds. The molecule has 1 unspecified atom stereocenters. The summed E-state index contributed by atoms with van der Waals surface area (Å²) in [6.07, 6.45) is 0. The zero-order valence-corrected chi connectivity index (χ0v) is 14.5. The highest BCUT2D eigenvalue weighted by Crippen LogP contribution is 2.21. The van der Waals surface area contributed by atoms with Gasteiger partial charge in [-0.05, 0) is 51.0 Å². The molecule has 4 nitrogen and oxygen atoms in total. The fourth-order valence-corrected chi connectivity index (χ4v) is 2.46. The molecule has 1 N–H and O–H groups in total. The van der Waals surface area contributed by atoms with E-state index < -0.39 is 0 Å². The first-order chi connectivity index (χ1) is 10.3. The van der Waals surface area contributed by atoms with Gasteiger partial charge in [-0.15, -0.1) is 0 Å². The highest BCUT2D eigenvalue weighted by atomic mass is 35.5. The number of amides is 1. The number of rotatable bonds is 4. The number of halogens is 1. The lowest BCUT2D eigenvalue weighted by Crippen LogP contribution is -2.25. The molecule has 0 bridgehead atoms. The first-order valence-electron chi connectivity index (χ1n) is 7.37. The maximum atomic E-state index is 12.4. The van der Waals surface area contributed by atoms with Crippen molar-refractivity contribution in [3.8, 4) is 0 Å². The molecule has 0 aliphatic rings. The van der Waals surface area contributed by atoms with Gasteiger partial charge in [0.25, 0.3) is 0 Å². The van der Waals surface area contributed by atoms with Crippen LogP contribution in [0.25, 0.3) is 0 Å². The summed E-state index contributed by atoms with van der Waals surface area (Å²) in [5.41, 5.74) is 5.05. The Hall–Kier alpha value is -1.81. The van der Waals surface area contributed by atoms with Crippen molar-refractivity contribution in [2.75, 3.05) is 5.32 Å². The third-order valence-corrected chi connectivity index (χ3v) is 4.33. The van der Waals surface area contributed by atoms with Gasteiger partial charge in [-0.2, -0.15) is 5.10 Å². The summed E-state index contributed by atoms with van der Waals surface area (Å²) in [7, 11) is 0. The highest BCUT2D eigenvalue weighted by molar-refractivity contribution is 6.31. The highest BCUT2D eigenvalue weighted by Gasteiger charge is 2.17. The Balaban J connectivity index is 2.09. The Morgan fingerprint density at radius 1 is 1.32 bits per heavy atom. The first kappa shape index (κ1) is 16.6. The number of nitrogens with zero attached hydrogens (tertiary/aromatic N) is 2. The smallest absolute Gasteiger partial charge is 0.229 e. The van der Waals surface area contributed by atoms with E-state index in [2.05, 4.69) is 10.4 Å². The Labute approximate surface area is 136 Å². The minimum absolute atomic E-state index is 0.0319. The number of aryl methyl sites for hydroxylation is 2. The number of carbonyl (C=O) groups excluding carboxylic acids is 1. The molecule has 0 fully saturated rings. The van der Waals surface area contributed by atoms with Crippen LogP contribution in [-0.2, 0) is 11.3 Å². The number of anilines is 1. The molecule has 1 aromatic heterocycles. The number of aromatic nitrogens is 2. The minimum atomic E-state index is -0.184. The molecule has 0 spiro atoms. The van der Waals surface area contributed by atoms with Gasteiger partial charge in [0.2, 0.25) is 5.91 Å². The number of hydrogen-bond acceptors (Lipinski definition) is 2. The van der Waals surface area contributed by atoms with Crippen LogP contribution in [0.2, 0.25) is 5.02 Å². The van der Waals surface area contributed by atoms with Gasteiger partial charge in [-0.1, -0.05) is 24.6 Å². The topological polar surface area (TPSA) is 46.9 Å². The van der Waals surface area contributed by atoms with Crippen LogP contribution in [0.4, 0.5) is 5.69 Å². The van der Waals surface area contributed by atoms with Crippen LogP contribution < -0.4 is 5.32 Å². The lowest BCUT2D eigenvalue weighted by atomic mass is 10.1. The summed E-state index contributed by atoms with van der Waals surface area (Å²) in [6.45, 7) is 10.5. The maximum absolute atomic E-state index is 12.4. The number of benzene rings is 1. The van der Waals surface area contributed by atoms with E-state index in [1.807, 2.05) is 51.4 Å². The molecule has 1 aromatic carbocycles. The monoisotopic (exact) mass is 319 g/mol. The second kappa shape index (κ2) is 6.53. The minimum Gasteiger partial charge on any atom is -0.326 e. The van der Waals surface area contributed by atoms with Crippen LogP contribution in [0.1, 0.15) is 29.4 Å². The molecule has 118 valence electrons. The van der Waals surface area contributed by atoms with Crippen molar-refractivity contribution in [1.82, 2.24) is 9.78 Å². The molecular formula is C17H22ClN3O. The molecule has 1 atom stereocenters. The molecular weight excluding hydrogens is 298 g/mol. The lowest BCUT2D eigenvalue weighted by molar-refractivity contribution is -0.119. The molecule has 0 saturated carbocycles. The third-order valence-electron chi connectivity index (χ3n) is 4.10. The van der Waals surface area contributed by atoms with Crippen LogP contribution in [0, 0.1) is 33.6 Å². The van der Waals surface area contributed by atoms with Crippen LogP contribution in [0.5, 0.6) is 0 Å². The maximum Gasteiger partial charge on any atom is 0.229 e. The zero-order chi connectivity index (χ0) is 16.4. The molecule has 1 heterocycles. The van der Waals surface area contributed by atoms with E-state index in [9.17, 15) is 4.79 Å². The van der Waals surface area contributed by atoms with E-state index in [1.165, 1.54) is 5.56 Å². The van der Waals surface area contributed by atoms with Gasteiger partial charge in [0.1, 0.15) is 0 Å². The van der Waals surface area contributed by atoms with E-state index in [4.69, 9.17) is 11.6 Å². The van der Waals surface area contributed by atoms with Crippen molar-refractivity contribution in [1.29, 1.82) is 0 Å². The van der Waals surface area contributed by atoms with Gasteiger partial charge >= 0.3 is 0 Å². The average molecular weight is 320 g/mol. The van der Waals surface area contributed by atoms with Gasteiger partial charge < -0.3 is 5.32 Å². The second-order valence-corrected chi connectivity index (χ2v) is 6.26. The molecule has 0 saturated heterocycles. The third kappa shape index (κ3) is 3.50. The van der Waals surface area contributed by atoms with Crippen molar-refractivity contribution in [2.24, 2.45) is 5.92 Å². The molecule has 5 heteroatoms. The van der Waals surface area contributed by atoms with E-state index in [1.54, 1.807) is 6.07 Å². The van der Waals surface area contributed by atoms with Gasteiger partial charge in [0.05, 0.1) is 18.2 Å². The Morgan fingerprint density at radius 2 is 2.00 bits per heavy atom. The molecule has 0 aliphatic carbocycles. The van der Waals surface area contributed by atoms with Gasteiger partial charge in [-0.3, -0.25) is 9.48 Å². The summed E-state index contributed by atoms with van der Waals surface area (Å²) in [5, 5.41) is 8.05. The number of nitrogens with one attached hydrogen (secondary N) is 1. The summed E-state index contributed by atoms with van der Waals surface area (Å²) in [5.74, 6) is -0.216. The summed E-state index contributed by atoms with van der Waals surface area (Å²) in [4.78, 5) is 12.4. The van der Waals surface area contributed by atoms with Crippen molar-refractivity contribution >= 4 is 23.2 Å². The Bertz CT molecular complexity index is 706. The second-order valence-electron chi connectivity index (χ2n) is 5.83.